The second-order valence-corrected chi connectivity index (χ2v) is 6.85. The van der Waals surface area contributed by atoms with Crippen molar-refractivity contribution < 1.29 is 9.34 Å². The molecule has 7 nitrogen and oxygen atoms in total. The van der Waals surface area contributed by atoms with Crippen molar-refractivity contribution in [3.05, 3.63) is 57.5 Å². The minimum Gasteiger partial charge on any atom is -0.468 e. The lowest BCUT2D eigenvalue weighted by atomic mass is 10.2. The molecule has 1 fully saturated rings. The molecule has 2 aromatic rings. The predicted molar refractivity (Wildman–Crippen MR) is 105 cm³/mol. The fourth-order valence-electron chi connectivity index (χ4n) is 3.02. The van der Waals surface area contributed by atoms with E-state index in [2.05, 4.69) is 15.5 Å². The maximum absolute atomic E-state index is 10.9. The van der Waals surface area contributed by atoms with Gasteiger partial charge in [-0.2, -0.15) is 0 Å². The predicted octanol–water partition coefficient (Wildman–Crippen LogP) is 3.96. The van der Waals surface area contributed by atoms with Crippen molar-refractivity contribution >= 4 is 40.3 Å². The molecule has 138 valence electrons. The Morgan fingerprint density at radius 3 is 2.81 bits per heavy atom. The third kappa shape index (κ3) is 4.51. The summed E-state index contributed by atoms with van der Waals surface area (Å²) in [6, 6.07) is 8.09. The summed E-state index contributed by atoms with van der Waals surface area (Å²) in [6.45, 7) is 2.60. The van der Waals surface area contributed by atoms with Crippen LogP contribution in [0.5, 0.6) is 0 Å². The third-order valence-electron chi connectivity index (χ3n) is 4.32. The summed E-state index contributed by atoms with van der Waals surface area (Å²) in [5.74, 6) is 0.885. The van der Waals surface area contributed by atoms with Gasteiger partial charge in [0.25, 0.3) is 5.69 Å². The van der Waals surface area contributed by atoms with Gasteiger partial charge in [-0.3, -0.25) is 15.0 Å². The summed E-state index contributed by atoms with van der Waals surface area (Å²) in [4.78, 5) is 12.8. The van der Waals surface area contributed by atoms with Gasteiger partial charge in [0.2, 0.25) is 0 Å². The summed E-state index contributed by atoms with van der Waals surface area (Å²) in [6.07, 6.45) is 4.00. The average molecular weight is 395 g/mol. The van der Waals surface area contributed by atoms with E-state index in [0.717, 1.165) is 18.8 Å². The Hall–Kier alpha value is -2.16. The van der Waals surface area contributed by atoms with Gasteiger partial charge in [0.1, 0.15) is 5.76 Å². The van der Waals surface area contributed by atoms with Crippen LogP contribution in [0, 0.1) is 10.1 Å². The van der Waals surface area contributed by atoms with Crippen LogP contribution in [0.3, 0.4) is 0 Å². The number of hydrogen-bond donors (Lipinski definition) is 2. The van der Waals surface area contributed by atoms with E-state index in [-0.39, 0.29) is 11.7 Å². The standard InChI is InChI=1S/C17H19ClN4O3S/c18-13-6-5-12(22(23)24)10-14(13)20-17(26)19-11-15(16-4-3-9-25-16)21-7-1-2-8-21/h3-6,9-10,15H,1-2,7-8,11H2,(H2,19,20,26)/t15-/m0/s1. The highest BCUT2D eigenvalue weighted by atomic mass is 35.5. The van der Waals surface area contributed by atoms with Crippen LogP contribution in [0.25, 0.3) is 0 Å². The normalized spacial score (nSPS) is 15.6. The molecule has 0 amide bonds. The first-order valence-electron chi connectivity index (χ1n) is 8.31. The summed E-state index contributed by atoms with van der Waals surface area (Å²) in [7, 11) is 0. The first-order chi connectivity index (χ1) is 12.5. The molecule has 0 unspecified atom stereocenters. The second-order valence-electron chi connectivity index (χ2n) is 6.03. The molecule has 2 heterocycles. The van der Waals surface area contributed by atoms with Crippen LogP contribution in [-0.4, -0.2) is 34.6 Å². The summed E-state index contributed by atoms with van der Waals surface area (Å²) in [5, 5.41) is 17.7. The van der Waals surface area contributed by atoms with Crippen LogP contribution < -0.4 is 10.6 Å². The monoisotopic (exact) mass is 394 g/mol. The van der Waals surface area contributed by atoms with E-state index in [0.29, 0.717) is 22.4 Å². The Bertz CT molecular complexity index is 778. The molecule has 0 saturated carbocycles. The van der Waals surface area contributed by atoms with Gasteiger partial charge in [-0.15, -0.1) is 0 Å². The number of hydrogen-bond acceptors (Lipinski definition) is 5. The molecule has 0 bridgehead atoms. The Morgan fingerprint density at radius 2 is 2.15 bits per heavy atom. The van der Waals surface area contributed by atoms with E-state index < -0.39 is 4.92 Å². The maximum Gasteiger partial charge on any atom is 0.271 e. The summed E-state index contributed by atoms with van der Waals surface area (Å²) in [5.41, 5.74) is 0.347. The number of nitro benzene ring substituents is 1. The van der Waals surface area contributed by atoms with Gasteiger partial charge in [-0.1, -0.05) is 11.6 Å². The van der Waals surface area contributed by atoms with Gasteiger partial charge in [0.05, 0.1) is 27.9 Å². The molecule has 26 heavy (non-hydrogen) atoms. The molecule has 9 heteroatoms. The largest absolute Gasteiger partial charge is 0.468 e. The number of nitrogens with zero attached hydrogens (tertiary/aromatic N) is 2. The highest BCUT2D eigenvalue weighted by Gasteiger charge is 2.25. The van der Waals surface area contributed by atoms with Crippen molar-refractivity contribution in [1.82, 2.24) is 10.2 Å². The number of nitro groups is 1. The molecule has 1 atom stereocenters. The van der Waals surface area contributed by atoms with Crippen LogP contribution in [0.4, 0.5) is 11.4 Å². The van der Waals surface area contributed by atoms with Crippen molar-refractivity contribution in [2.45, 2.75) is 18.9 Å². The zero-order chi connectivity index (χ0) is 18.5. The fraction of sp³-hybridized carbons (Fsp3) is 0.353. The Morgan fingerprint density at radius 1 is 1.38 bits per heavy atom. The van der Waals surface area contributed by atoms with Crippen molar-refractivity contribution in [3.63, 3.8) is 0 Å². The van der Waals surface area contributed by atoms with E-state index >= 15 is 0 Å². The quantitative estimate of drug-likeness (QED) is 0.435. The number of thiocarbonyl (C=S) groups is 1. The number of furan rings is 1. The SMILES string of the molecule is O=[N+]([O-])c1ccc(Cl)c(NC(=S)NC[C@@H](c2ccco2)N2CCCC2)c1. The van der Waals surface area contributed by atoms with Crippen LogP contribution in [0.1, 0.15) is 24.6 Å². The molecule has 0 aliphatic carbocycles. The van der Waals surface area contributed by atoms with Crippen LogP contribution >= 0.6 is 23.8 Å². The van der Waals surface area contributed by atoms with E-state index in [1.165, 1.54) is 31.0 Å². The lowest BCUT2D eigenvalue weighted by Gasteiger charge is -2.26. The molecular weight excluding hydrogens is 376 g/mol. The zero-order valence-electron chi connectivity index (χ0n) is 14.0. The van der Waals surface area contributed by atoms with E-state index in [9.17, 15) is 10.1 Å². The van der Waals surface area contributed by atoms with Gasteiger partial charge in [0.15, 0.2) is 5.11 Å². The minimum atomic E-state index is -0.474. The van der Waals surface area contributed by atoms with E-state index in [1.54, 1.807) is 6.26 Å². The molecule has 0 spiro atoms. The van der Waals surface area contributed by atoms with Gasteiger partial charge >= 0.3 is 0 Å². The van der Waals surface area contributed by atoms with Gasteiger partial charge < -0.3 is 15.1 Å². The number of non-ortho nitro benzene ring substituents is 1. The average Bonchev–Trinajstić information content (AvgIpc) is 3.31. The number of nitrogens with one attached hydrogen (secondary N) is 2. The molecule has 1 aliphatic rings. The highest BCUT2D eigenvalue weighted by molar-refractivity contribution is 7.80. The van der Waals surface area contributed by atoms with Gasteiger partial charge in [-0.25, -0.2) is 0 Å². The molecule has 1 saturated heterocycles. The number of rotatable bonds is 6. The Labute approximate surface area is 161 Å². The van der Waals surface area contributed by atoms with Crippen molar-refractivity contribution in [1.29, 1.82) is 0 Å². The Kier molecular flexibility index (Phi) is 6.08. The van der Waals surface area contributed by atoms with Crippen LogP contribution in [0.15, 0.2) is 41.0 Å². The molecule has 1 aliphatic heterocycles. The first kappa shape index (κ1) is 18.6. The molecular formula is C17H19ClN4O3S. The van der Waals surface area contributed by atoms with Gasteiger partial charge in [-0.05, 0) is 56.3 Å². The molecule has 1 aromatic heterocycles. The van der Waals surface area contributed by atoms with Crippen LogP contribution in [0.2, 0.25) is 5.02 Å². The number of likely N-dealkylation sites (tertiary alicyclic amines) is 1. The highest BCUT2D eigenvalue weighted by Crippen LogP contribution is 2.27. The third-order valence-corrected chi connectivity index (χ3v) is 4.89. The van der Waals surface area contributed by atoms with E-state index in [4.69, 9.17) is 28.2 Å². The van der Waals surface area contributed by atoms with Gasteiger partial charge in [0, 0.05) is 18.7 Å². The Balaban J connectivity index is 1.64. The zero-order valence-corrected chi connectivity index (χ0v) is 15.6. The number of halogens is 1. The molecule has 3 rings (SSSR count). The lowest BCUT2D eigenvalue weighted by molar-refractivity contribution is -0.384. The smallest absolute Gasteiger partial charge is 0.271 e. The summed E-state index contributed by atoms with van der Waals surface area (Å²) < 4.78 is 5.58. The van der Waals surface area contributed by atoms with Crippen molar-refractivity contribution in [2.24, 2.45) is 0 Å². The second kappa shape index (κ2) is 8.48. The van der Waals surface area contributed by atoms with Crippen molar-refractivity contribution in [3.8, 4) is 0 Å². The van der Waals surface area contributed by atoms with Crippen molar-refractivity contribution in [2.75, 3.05) is 25.0 Å². The topological polar surface area (TPSA) is 83.6 Å². The van der Waals surface area contributed by atoms with Crippen LogP contribution in [-0.2, 0) is 0 Å². The minimum absolute atomic E-state index is 0.0507. The fourth-order valence-corrected chi connectivity index (χ4v) is 3.38. The molecule has 1 aromatic carbocycles. The first-order valence-corrected chi connectivity index (χ1v) is 9.09. The maximum atomic E-state index is 10.9. The lowest BCUT2D eigenvalue weighted by Crippen LogP contribution is -2.38. The van der Waals surface area contributed by atoms with E-state index in [1.807, 2.05) is 12.1 Å². The summed E-state index contributed by atoms with van der Waals surface area (Å²) >= 11 is 11.4. The number of anilines is 1. The molecule has 2 N–H and O–H groups in total. The molecule has 0 radical (unpaired) electrons. The number of benzene rings is 1.